The smallest absolute Gasteiger partial charge is 0.152 e. The minimum absolute atomic E-state index is 0.0666. The number of ketones is 1. The highest BCUT2D eigenvalue weighted by Gasteiger charge is 2.27. The van der Waals surface area contributed by atoms with E-state index in [9.17, 15) is 4.79 Å². The first-order valence-corrected chi connectivity index (χ1v) is 5.21. The molecule has 82 valence electrons. The molecule has 0 saturated heterocycles. The fourth-order valence-electron chi connectivity index (χ4n) is 1.44. The van der Waals surface area contributed by atoms with Crippen LogP contribution in [0.4, 0.5) is 0 Å². The molecule has 2 unspecified atom stereocenters. The molecule has 0 rings (SSSR count). The molecule has 0 heterocycles. The van der Waals surface area contributed by atoms with E-state index in [1.165, 1.54) is 0 Å². The van der Waals surface area contributed by atoms with E-state index in [4.69, 9.17) is 4.74 Å². The van der Waals surface area contributed by atoms with Crippen molar-refractivity contribution < 1.29 is 9.53 Å². The second-order valence-electron chi connectivity index (χ2n) is 4.02. The molecular weight excluding hydrogens is 176 g/mol. The maximum Gasteiger partial charge on any atom is 0.152 e. The summed E-state index contributed by atoms with van der Waals surface area (Å²) in [5.74, 6) is 0.491. The third kappa shape index (κ3) is 4.05. The van der Waals surface area contributed by atoms with Gasteiger partial charge in [0, 0.05) is 7.11 Å². The third-order valence-electron chi connectivity index (χ3n) is 2.79. The highest BCUT2D eigenvalue weighted by atomic mass is 16.5. The van der Waals surface area contributed by atoms with Gasteiger partial charge in [0.25, 0.3) is 0 Å². The van der Waals surface area contributed by atoms with E-state index in [-0.39, 0.29) is 11.4 Å². The quantitative estimate of drug-likeness (QED) is 0.613. The minimum atomic E-state index is -0.318. The highest BCUT2D eigenvalue weighted by Crippen LogP contribution is 2.26. The van der Waals surface area contributed by atoms with Gasteiger partial charge in [0.1, 0.15) is 0 Å². The van der Waals surface area contributed by atoms with Gasteiger partial charge < -0.3 is 4.74 Å². The molecule has 0 aromatic heterocycles. The molecule has 0 fully saturated rings. The second-order valence-corrected chi connectivity index (χ2v) is 4.02. The Labute approximate surface area is 87.3 Å². The third-order valence-corrected chi connectivity index (χ3v) is 2.79. The van der Waals surface area contributed by atoms with Gasteiger partial charge in [-0.15, -0.1) is 0 Å². The maximum absolute atomic E-state index is 10.8. The maximum atomic E-state index is 10.8. The summed E-state index contributed by atoms with van der Waals surface area (Å²) in [7, 11) is 1.69. The van der Waals surface area contributed by atoms with Crippen LogP contribution in [0.3, 0.4) is 0 Å². The van der Waals surface area contributed by atoms with E-state index in [1.807, 2.05) is 13.0 Å². The fourth-order valence-corrected chi connectivity index (χ4v) is 1.44. The van der Waals surface area contributed by atoms with Crippen LogP contribution in [-0.2, 0) is 9.53 Å². The Balaban J connectivity index is 4.52. The first-order chi connectivity index (χ1) is 6.46. The van der Waals surface area contributed by atoms with Crippen molar-refractivity contribution >= 4 is 5.78 Å². The first-order valence-electron chi connectivity index (χ1n) is 5.21. The van der Waals surface area contributed by atoms with Crippen molar-refractivity contribution in [3.63, 3.8) is 0 Å². The molecule has 0 saturated carbocycles. The lowest BCUT2D eigenvalue weighted by Gasteiger charge is -2.31. The Bertz CT molecular complexity index is 208. The van der Waals surface area contributed by atoms with Crippen molar-refractivity contribution in [1.82, 2.24) is 0 Å². The van der Waals surface area contributed by atoms with Crippen molar-refractivity contribution in [3.05, 3.63) is 12.2 Å². The van der Waals surface area contributed by atoms with Crippen molar-refractivity contribution in [2.75, 3.05) is 7.11 Å². The van der Waals surface area contributed by atoms with Gasteiger partial charge in [-0.2, -0.15) is 0 Å². The lowest BCUT2D eigenvalue weighted by atomic mass is 9.86. The SMILES string of the molecule is CCCC(C)C(C)(C=CC(C)=O)OC. The molecule has 0 amide bonds. The number of hydrogen-bond acceptors (Lipinski definition) is 2. The summed E-state index contributed by atoms with van der Waals surface area (Å²) in [6, 6.07) is 0. The topological polar surface area (TPSA) is 26.3 Å². The zero-order chi connectivity index (χ0) is 11.2. The number of methoxy groups -OCH3 is 1. The largest absolute Gasteiger partial charge is 0.374 e. The van der Waals surface area contributed by atoms with Gasteiger partial charge in [-0.25, -0.2) is 0 Å². The van der Waals surface area contributed by atoms with Crippen LogP contribution in [0.5, 0.6) is 0 Å². The van der Waals surface area contributed by atoms with Crippen LogP contribution >= 0.6 is 0 Å². The molecule has 0 spiro atoms. The predicted octanol–water partition coefficient (Wildman–Crippen LogP) is 2.97. The fraction of sp³-hybridized carbons (Fsp3) is 0.750. The van der Waals surface area contributed by atoms with E-state index in [0.717, 1.165) is 12.8 Å². The standard InChI is InChI=1S/C12H22O2/c1-6-7-10(2)12(4,14-5)9-8-11(3)13/h8-10H,6-7H2,1-5H3. The molecule has 2 heteroatoms. The minimum Gasteiger partial charge on any atom is -0.374 e. The molecule has 0 bridgehead atoms. The van der Waals surface area contributed by atoms with Gasteiger partial charge in [0.15, 0.2) is 5.78 Å². The number of carbonyl (C=O) groups excluding carboxylic acids is 1. The monoisotopic (exact) mass is 198 g/mol. The van der Waals surface area contributed by atoms with Crippen LogP contribution in [0.2, 0.25) is 0 Å². The summed E-state index contributed by atoms with van der Waals surface area (Å²) in [6.45, 7) is 7.88. The van der Waals surface area contributed by atoms with Gasteiger partial charge in [0.05, 0.1) is 5.60 Å². The highest BCUT2D eigenvalue weighted by molar-refractivity contribution is 5.87. The van der Waals surface area contributed by atoms with Crippen LogP contribution in [0.1, 0.15) is 40.5 Å². The van der Waals surface area contributed by atoms with Crippen LogP contribution < -0.4 is 0 Å². The Hall–Kier alpha value is -0.630. The molecule has 0 radical (unpaired) electrons. The Morgan fingerprint density at radius 2 is 2.14 bits per heavy atom. The number of rotatable bonds is 6. The van der Waals surface area contributed by atoms with Crippen molar-refractivity contribution in [1.29, 1.82) is 0 Å². The van der Waals surface area contributed by atoms with Gasteiger partial charge in [-0.1, -0.05) is 20.3 Å². The van der Waals surface area contributed by atoms with Crippen molar-refractivity contribution in [3.8, 4) is 0 Å². The van der Waals surface area contributed by atoms with E-state index in [2.05, 4.69) is 13.8 Å². The molecule has 0 aliphatic heterocycles. The molecule has 0 aliphatic carbocycles. The van der Waals surface area contributed by atoms with Crippen LogP contribution in [0.25, 0.3) is 0 Å². The van der Waals surface area contributed by atoms with E-state index >= 15 is 0 Å². The number of carbonyl (C=O) groups is 1. The van der Waals surface area contributed by atoms with Crippen LogP contribution in [-0.4, -0.2) is 18.5 Å². The Morgan fingerprint density at radius 1 is 1.57 bits per heavy atom. The molecular formula is C12H22O2. The summed E-state index contributed by atoms with van der Waals surface area (Å²) in [6.07, 6.45) is 5.70. The predicted molar refractivity (Wildman–Crippen MR) is 59.3 cm³/mol. The summed E-state index contributed by atoms with van der Waals surface area (Å²) in [5.41, 5.74) is -0.318. The molecule has 0 aliphatic rings. The van der Waals surface area contributed by atoms with Gasteiger partial charge in [-0.05, 0) is 38.3 Å². The van der Waals surface area contributed by atoms with E-state index in [0.29, 0.717) is 5.92 Å². The molecule has 2 nitrogen and oxygen atoms in total. The summed E-state index contributed by atoms with van der Waals surface area (Å²) in [5, 5.41) is 0. The zero-order valence-corrected chi connectivity index (χ0v) is 9.96. The number of ether oxygens (including phenoxy) is 1. The molecule has 0 N–H and O–H groups in total. The van der Waals surface area contributed by atoms with Crippen LogP contribution in [0, 0.1) is 5.92 Å². The second kappa shape index (κ2) is 5.97. The van der Waals surface area contributed by atoms with Gasteiger partial charge in [0.2, 0.25) is 0 Å². The van der Waals surface area contributed by atoms with Crippen LogP contribution in [0.15, 0.2) is 12.2 Å². The lowest BCUT2D eigenvalue weighted by molar-refractivity contribution is -0.112. The van der Waals surface area contributed by atoms with Gasteiger partial charge >= 0.3 is 0 Å². The lowest BCUT2D eigenvalue weighted by Crippen LogP contribution is -2.33. The Morgan fingerprint density at radius 3 is 2.50 bits per heavy atom. The normalized spacial score (nSPS) is 18.1. The average molecular weight is 198 g/mol. The first kappa shape index (κ1) is 13.4. The molecule has 14 heavy (non-hydrogen) atoms. The summed E-state index contributed by atoms with van der Waals surface area (Å²) >= 11 is 0. The molecule has 0 aromatic rings. The Kier molecular flexibility index (Phi) is 5.70. The zero-order valence-electron chi connectivity index (χ0n) is 9.96. The van der Waals surface area contributed by atoms with E-state index in [1.54, 1.807) is 20.1 Å². The average Bonchev–Trinajstić information content (AvgIpc) is 2.14. The van der Waals surface area contributed by atoms with Gasteiger partial charge in [-0.3, -0.25) is 4.79 Å². The number of hydrogen-bond donors (Lipinski definition) is 0. The summed E-state index contributed by atoms with van der Waals surface area (Å²) in [4.78, 5) is 10.8. The number of allylic oxidation sites excluding steroid dienone is 1. The summed E-state index contributed by atoms with van der Waals surface area (Å²) < 4.78 is 5.46. The van der Waals surface area contributed by atoms with Crippen molar-refractivity contribution in [2.45, 2.75) is 46.1 Å². The molecule has 0 aromatic carbocycles. The van der Waals surface area contributed by atoms with E-state index < -0.39 is 0 Å². The van der Waals surface area contributed by atoms with Crippen molar-refractivity contribution in [2.24, 2.45) is 5.92 Å². The molecule has 2 atom stereocenters.